The number of methoxy groups -OCH3 is 1. The third-order valence-electron chi connectivity index (χ3n) is 2.52. The summed E-state index contributed by atoms with van der Waals surface area (Å²) in [6, 6.07) is 10.1. The quantitative estimate of drug-likeness (QED) is 0.575. The van der Waals surface area contributed by atoms with Gasteiger partial charge in [0.25, 0.3) is 0 Å². The van der Waals surface area contributed by atoms with Gasteiger partial charge in [0, 0.05) is 4.88 Å². The summed E-state index contributed by atoms with van der Waals surface area (Å²) in [5.41, 5.74) is 1.23. The first kappa shape index (κ1) is 14.4. The van der Waals surface area contributed by atoms with Gasteiger partial charge in [-0.25, -0.2) is 0 Å². The van der Waals surface area contributed by atoms with Crippen LogP contribution in [0.1, 0.15) is 15.3 Å². The van der Waals surface area contributed by atoms with Gasteiger partial charge in [0.05, 0.1) is 20.7 Å². The van der Waals surface area contributed by atoms with Crippen molar-refractivity contribution < 1.29 is 4.74 Å². The van der Waals surface area contributed by atoms with E-state index in [1.54, 1.807) is 18.4 Å². The first-order valence-electron chi connectivity index (χ1n) is 5.32. The summed E-state index contributed by atoms with van der Waals surface area (Å²) < 4.78 is 6.20. The third kappa shape index (κ3) is 3.50. The summed E-state index contributed by atoms with van der Waals surface area (Å²) in [7, 11) is 1.68. The largest absolute Gasteiger partial charge is 0.497 e. The monoisotopic (exact) mass is 408 g/mol. The smallest absolute Gasteiger partial charge is 0.119 e. The lowest BCUT2D eigenvalue weighted by molar-refractivity contribution is 0.414. The summed E-state index contributed by atoms with van der Waals surface area (Å²) in [6.45, 7) is 0. The molecule has 1 aromatic carbocycles. The molecule has 2 aromatic rings. The SMILES string of the molecule is COc1cccc(CC(Br)c2cc(Cl)c(Br)s2)c1. The Balaban J connectivity index is 2.13. The highest BCUT2D eigenvalue weighted by Gasteiger charge is 2.14. The molecule has 0 aliphatic heterocycles. The van der Waals surface area contributed by atoms with E-state index in [2.05, 4.69) is 44.0 Å². The van der Waals surface area contributed by atoms with Gasteiger partial charge in [-0.05, 0) is 46.1 Å². The standard InChI is InChI=1S/C13H11Br2ClOS/c1-17-9-4-2-3-8(5-9)6-10(14)12-7-11(16)13(15)18-12/h2-5,7,10H,6H2,1H3. The number of halogens is 3. The van der Waals surface area contributed by atoms with Crippen molar-refractivity contribution in [2.45, 2.75) is 11.2 Å². The van der Waals surface area contributed by atoms with Crippen LogP contribution in [0.4, 0.5) is 0 Å². The molecule has 2 rings (SSSR count). The topological polar surface area (TPSA) is 9.23 Å². The first-order chi connectivity index (χ1) is 8.60. The predicted molar refractivity (Wildman–Crippen MR) is 85.4 cm³/mol. The highest BCUT2D eigenvalue weighted by molar-refractivity contribution is 9.11. The lowest BCUT2D eigenvalue weighted by Gasteiger charge is -2.08. The van der Waals surface area contributed by atoms with Crippen molar-refractivity contribution in [1.82, 2.24) is 0 Å². The first-order valence-corrected chi connectivity index (χ1v) is 8.22. The van der Waals surface area contributed by atoms with E-state index in [1.165, 1.54) is 10.4 Å². The van der Waals surface area contributed by atoms with Gasteiger partial charge in [0.15, 0.2) is 0 Å². The average Bonchev–Trinajstić information content (AvgIpc) is 2.70. The van der Waals surface area contributed by atoms with E-state index in [0.29, 0.717) is 0 Å². The zero-order valence-electron chi connectivity index (χ0n) is 9.62. The molecule has 0 fully saturated rings. The predicted octanol–water partition coefficient (Wildman–Crippen LogP) is 5.85. The van der Waals surface area contributed by atoms with Crippen LogP contribution < -0.4 is 4.74 Å². The highest BCUT2D eigenvalue weighted by Crippen LogP contribution is 2.39. The Morgan fingerprint density at radius 2 is 2.17 bits per heavy atom. The molecule has 96 valence electrons. The molecule has 1 aromatic heterocycles. The van der Waals surface area contributed by atoms with Crippen LogP contribution in [0.2, 0.25) is 5.02 Å². The van der Waals surface area contributed by atoms with Gasteiger partial charge >= 0.3 is 0 Å². The van der Waals surface area contributed by atoms with E-state index in [4.69, 9.17) is 16.3 Å². The third-order valence-corrected chi connectivity index (χ3v) is 6.23. The molecule has 0 saturated heterocycles. The van der Waals surface area contributed by atoms with Crippen molar-refractivity contribution in [3.63, 3.8) is 0 Å². The van der Waals surface area contributed by atoms with Crippen molar-refractivity contribution in [2.24, 2.45) is 0 Å². The Bertz CT molecular complexity index is 522. The average molecular weight is 411 g/mol. The van der Waals surface area contributed by atoms with Crippen molar-refractivity contribution >= 4 is 54.8 Å². The number of ether oxygens (including phenoxy) is 1. The molecule has 1 atom stereocenters. The lowest BCUT2D eigenvalue weighted by atomic mass is 10.1. The van der Waals surface area contributed by atoms with Gasteiger partial charge in [0.1, 0.15) is 5.75 Å². The number of hydrogen-bond donors (Lipinski definition) is 0. The van der Waals surface area contributed by atoms with E-state index in [0.717, 1.165) is 21.0 Å². The highest BCUT2D eigenvalue weighted by atomic mass is 79.9. The van der Waals surface area contributed by atoms with Crippen molar-refractivity contribution in [2.75, 3.05) is 7.11 Å². The molecule has 5 heteroatoms. The summed E-state index contributed by atoms with van der Waals surface area (Å²) in [6.07, 6.45) is 0.903. The number of thiophene rings is 1. The Hall–Kier alpha value is -0.0300. The normalized spacial score (nSPS) is 12.4. The van der Waals surface area contributed by atoms with E-state index in [1.807, 2.05) is 18.2 Å². The van der Waals surface area contributed by atoms with Gasteiger partial charge in [-0.1, -0.05) is 39.7 Å². The van der Waals surface area contributed by atoms with Crippen LogP contribution >= 0.6 is 54.8 Å². The summed E-state index contributed by atoms with van der Waals surface area (Å²) in [5.74, 6) is 0.887. The minimum atomic E-state index is 0.262. The van der Waals surface area contributed by atoms with Gasteiger partial charge in [0.2, 0.25) is 0 Å². The van der Waals surface area contributed by atoms with Gasteiger partial charge in [-0.3, -0.25) is 0 Å². The molecular formula is C13H11Br2ClOS. The molecule has 0 N–H and O–H groups in total. The molecule has 1 nitrogen and oxygen atoms in total. The lowest BCUT2D eigenvalue weighted by Crippen LogP contribution is -1.93. The maximum Gasteiger partial charge on any atom is 0.119 e. The second-order valence-electron chi connectivity index (χ2n) is 3.79. The number of alkyl halides is 1. The Morgan fingerprint density at radius 1 is 1.39 bits per heavy atom. The van der Waals surface area contributed by atoms with Gasteiger partial charge in [-0.15, -0.1) is 11.3 Å². The van der Waals surface area contributed by atoms with Gasteiger partial charge in [-0.2, -0.15) is 0 Å². The van der Waals surface area contributed by atoms with Crippen LogP contribution in [-0.4, -0.2) is 7.11 Å². The molecule has 0 aliphatic carbocycles. The van der Waals surface area contributed by atoms with Gasteiger partial charge < -0.3 is 4.74 Å². The van der Waals surface area contributed by atoms with E-state index < -0.39 is 0 Å². The maximum atomic E-state index is 6.05. The molecule has 0 amide bonds. The van der Waals surface area contributed by atoms with Crippen LogP contribution in [0.3, 0.4) is 0 Å². The second kappa shape index (κ2) is 6.42. The summed E-state index contributed by atoms with van der Waals surface area (Å²) >= 11 is 14.9. The minimum absolute atomic E-state index is 0.262. The molecular weight excluding hydrogens is 399 g/mol. The fourth-order valence-electron chi connectivity index (χ4n) is 1.62. The second-order valence-corrected chi connectivity index (χ2v) is 7.71. The molecule has 0 saturated carbocycles. The van der Waals surface area contributed by atoms with Crippen LogP contribution in [0, 0.1) is 0 Å². The zero-order valence-corrected chi connectivity index (χ0v) is 14.4. The van der Waals surface area contributed by atoms with Crippen LogP contribution in [-0.2, 0) is 6.42 Å². The van der Waals surface area contributed by atoms with E-state index in [9.17, 15) is 0 Å². The van der Waals surface area contributed by atoms with Crippen molar-refractivity contribution in [3.05, 3.63) is 49.6 Å². The number of hydrogen-bond acceptors (Lipinski definition) is 2. The van der Waals surface area contributed by atoms with Crippen LogP contribution in [0.15, 0.2) is 34.1 Å². The molecule has 0 aliphatic rings. The maximum absolute atomic E-state index is 6.05. The molecule has 0 radical (unpaired) electrons. The molecule has 1 heterocycles. The molecule has 18 heavy (non-hydrogen) atoms. The summed E-state index contributed by atoms with van der Waals surface area (Å²) in [5, 5.41) is 0.769. The molecule has 0 spiro atoms. The number of rotatable bonds is 4. The van der Waals surface area contributed by atoms with E-state index >= 15 is 0 Å². The van der Waals surface area contributed by atoms with Crippen molar-refractivity contribution in [1.29, 1.82) is 0 Å². The van der Waals surface area contributed by atoms with Crippen molar-refractivity contribution in [3.8, 4) is 5.75 Å². The molecule has 1 unspecified atom stereocenters. The minimum Gasteiger partial charge on any atom is -0.497 e. The Labute approximate surface area is 132 Å². The fourth-order valence-corrected chi connectivity index (χ4v) is 4.14. The van der Waals surface area contributed by atoms with E-state index in [-0.39, 0.29) is 4.83 Å². The van der Waals surface area contributed by atoms with Crippen LogP contribution in [0.25, 0.3) is 0 Å². The van der Waals surface area contributed by atoms with Crippen LogP contribution in [0.5, 0.6) is 5.75 Å². The zero-order chi connectivity index (χ0) is 13.1. The fraction of sp³-hybridized carbons (Fsp3) is 0.231. The molecule has 0 bridgehead atoms. The number of benzene rings is 1. The Morgan fingerprint density at radius 3 is 2.78 bits per heavy atom. The summed E-state index contributed by atoms with van der Waals surface area (Å²) in [4.78, 5) is 1.48. The Kier molecular flexibility index (Phi) is 5.13.